The number of morpholine rings is 1. The van der Waals surface area contributed by atoms with E-state index < -0.39 is 0 Å². The van der Waals surface area contributed by atoms with Crippen LogP contribution >= 0.6 is 23.1 Å². The Morgan fingerprint density at radius 2 is 2.03 bits per heavy atom. The number of methoxy groups -OCH3 is 1. The Hall–Kier alpha value is -2.20. The van der Waals surface area contributed by atoms with E-state index in [1.54, 1.807) is 18.1 Å². The summed E-state index contributed by atoms with van der Waals surface area (Å²) in [4.78, 5) is 22.9. The average molecular weight is 476 g/mol. The summed E-state index contributed by atoms with van der Waals surface area (Å²) in [6.45, 7) is 4.82. The molecule has 32 heavy (non-hydrogen) atoms. The van der Waals surface area contributed by atoms with Crippen LogP contribution in [0.3, 0.4) is 0 Å². The number of aromatic nitrogens is 1. The molecule has 1 saturated heterocycles. The van der Waals surface area contributed by atoms with Crippen molar-refractivity contribution in [2.75, 3.05) is 57.2 Å². The number of carbonyl (C=O) groups excluding carboxylic acids is 1. The Morgan fingerprint density at radius 3 is 2.78 bits per heavy atom. The van der Waals surface area contributed by atoms with E-state index in [0.717, 1.165) is 54.6 Å². The van der Waals surface area contributed by atoms with Crippen LogP contribution in [-0.2, 0) is 9.53 Å². The van der Waals surface area contributed by atoms with Crippen molar-refractivity contribution < 1.29 is 18.7 Å². The van der Waals surface area contributed by atoms with Gasteiger partial charge in [-0.1, -0.05) is 11.3 Å². The van der Waals surface area contributed by atoms with E-state index in [4.69, 9.17) is 9.47 Å². The molecule has 2 heterocycles. The molecule has 1 aliphatic rings. The van der Waals surface area contributed by atoms with Crippen LogP contribution in [-0.4, -0.2) is 68.0 Å². The summed E-state index contributed by atoms with van der Waals surface area (Å²) in [5.74, 6) is 0.779. The van der Waals surface area contributed by atoms with Crippen LogP contribution in [0.15, 0.2) is 47.4 Å². The normalized spacial score (nSPS) is 14.6. The van der Waals surface area contributed by atoms with Crippen LogP contribution in [0.1, 0.15) is 6.42 Å². The summed E-state index contributed by atoms with van der Waals surface area (Å²) in [5.41, 5.74) is 0.709. The lowest BCUT2D eigenvalue weighted by atomic mass is 10.3. The number of fused-ring (bicyclic) bond motifs is 1. The molecule has 0 aliphatic carbocycles. The minimum atomic E-state index is -0.298. The van der Waals surface area contributed by atoms with Crippen LogP contribution in [0.25, 0.3) is 10.2 Å². The molecule has 170 valence electrons. The summed E-state index contributed by atoms with van der Waals surface area (Å²) in [6.07, 6.45) is 0.837. The second-order valence-corrected chi connectivity index (χ2v) is 9.48. The fourth-order valence-corrected chi connectivity index (χ4v) is 5.31. The number of anilines is 1. The van der Waals surface area contributed by atoms with Crippen molar-refractivity contribution in [1.82, 2.24) is 9.88 Å². The van der Waals surface area contributed by atoms with Crippen molar-refractivity contribution in [2.45, 2.75) is 11.3 Å². The third kappa shape index (κ3) is 5.98. The number of benzene rings is 2. The van der Waals surface area contributed by atoms with E-state index in [1.807, 2.05) is 24.3 Å². The molecule has 9 heteroatoms. The molecule has 0 atom stereocenters. The second kappa shape index (κ2) is 11.1. The molecule has 6 nitrogen and oxygen atoms in total. The minimum Gasteiger partial charge on any atom is -0.497 e. The highest BCUT2D eigenvalue weighted by molar-refractivity contribution is 8.00. The van der Waals surface area contributed by atoms with Crippen LogP contribution in [0.4, 0.5) is 9.52 Å². The summed E-state index contributed by atoms with van der Waals surface area (Å²) in [5, 5.41) is 0.618. The predicted octanol–water partition coefficient (Wildman–Crippen LogP) is 4.29. The molecule has 3 aromatic rings. The van der Waals surface area contributed by atoms with E-state index in [2.05, 4.69) is 9.88 Å². The topological polar surface area (TPSA) is 54.9 Å². The van der Waals surface area contributed by atoms with Gasteiger partial charge < -0.3 is 9.47 Å². The Morgan fingerprint density at radius 1 is 1.25 bits per heavy atom. The Bertz CT molecular complexity index is 1040. The van der Waals surface area contributed by atoms with E-state index in [1.165, 1.54) is 35.2 Å². The second-order valence-electron chi connectivity index (χ2n) is 7.43. The molecule has 0 saturated carbocycles. The number of rotatable bonds is 9. The predicted molar refractivity (Wildman–Crippen MR) is 128 cm³/mol. The number of amides is 1. The molecule has 1 fully saturated rings. The number of carbonyl (C=O) groups is 1. The molecule has 2 aromatic carbocycles. The highest BCUT2D eigenvalue weighted by Crippen LogP contribution is 2.30. The third-order valence-corrected chi connectivity index (χ3v) is 7.29. The maximum atomic E-state index is 13.6. The van der Waals surface area contributed by atoms with Crippen molar-refractivity contribution in [2.24, 2.45) is 0 Å². The molecule has 1 aliphatic heterocycles. The standard InChI is InChI=1S/C23H26FN3O3S2/c1-29-18-4-6-19(7-5-18)31-16-22(28)27(10-2-9-26-11-13-30-14-12-26)23-25-20-8-3-17(24)15-21(20)32-23/h3-8,15H,2,9-14,16H2,1H3. The zero-order valence-corrected chi connectivity index (χ0v) is 19.6. The van der Waals surface area contributed by atoms with Gasteiger partial charge in [0.25, 0.3) is 0 Å². The van der Waals surface area contributed by atoms with Crippen molar-refractivity contribution in [3.05, 3.63) is 48.3 Å². The van der Waals surface area contributed by atoms with Crippen molar-refractivity contribution in [3.8, 4) is 5.75 Å². The Balaban J connectivity index is 1.45. The lowest BCUT2D eigenvalue weighted by molar-refractivity contribution is -0.116. The summed E-state index contributed by atoms with van der Waals surface area (Å²) >= 11 is 2.84. The fraction of sp³-hybridized carbons (Fsp3) is 0.391. The van der Waals surface area contributed by atoms with Gasteiger partial charge in [-0.05, 0) is 48.9 Å². The SMILES string of the molecule is COc1ccc(SCC(=O)N(CCCN2CCOCC2)c2nc3ccc(F)cc3s2)cc1. The van der Waals surface area contributed by atoms with Crippen LogP contribution in [0, 0.1) is 5.82 Å². The number of hydrogen-bond acceptors (Lipinski definition) is 7. The van der Waals surface area contributed by atoms with Crippen molar-refractivity contribution >= 4 is 44.4 Å². The highest BCUT2D eigenvalue weighted by Gasteiger charge is 2.21. The Kier molecular flexibility index (Phi) is 7.96. The zero-order chi connectivity index (χ0) is 22.3. The minimum absolute atomic E-state index is 0.00711. The largest absolute Gasteiger partial charge is 0.497 e. The monoisotopic (exact) mass is 475 g/mol. The maximum Gasteiger partial charge on any atom is 0.239 e. The maximum absolute atomic E-state index is 13.6. The van der Waals surface area contributed by atoms with Gasteiger partial charge in [0.15, 0.2) is 5.13 Å². The lowest BCUT2D eigenvalue weighted by Gasteiger charge is -2.27. The molecule has 0 spiro atoms. The quantitative estimate of drug-likeness (QED) is 0.431. The van der Waals surface area contributed by atoms with Gasteiger partial charge in [-0.3, -0.25) is 14.6 Å². The van der Waals surface area contributed by atoms with Gasteiger partial charge in [-0.15, -0.1) is 11.8 Å². The van der Waals surface area contributed by atoms with E-state index >= 15 is 0 Å². The number of thiazole rings is 1. The molecule has 1 aromatic heterocycles. The molecule has 0 N–H and O–H groups in total. The molecule has 0 unspecified atom stereocenters. The average Bonchev–Trinajstić information content (AvgIpc) is 3.24. The van der Waals surface area contributed by atoms with Gasteiger partial charge >= 0.3 is 0 Å². The van der Waals surface area contributed by atoms with Gasteiger partial charge in [-0.2, -0.15) is 0 Å². The number of hydrogen-bond donors (Lipinski definition) is 0. The fourth-order valence-electron chi connectivity index (χ4n) is 3.50. The molecular formula is C23H26FN3O3S2. The molecule has 1 amide bonds. The molecular weight excluding hydrogens is 449 g/mol. The lowest BCUT2D eigenvalue weighted by Crippen LogP contribution is -2.39. The number of thioether (sulfide) groups is 1. The number of halogens is 1. The van der Waals surface area contributed by atoms with E-state index in [0.29, 0.717) is 22.9 Å². The zero-order valence-electron chi connectivity index (χ0n) is 18.0. The first-order valence-corrected chi connectivity index (χ1v) is 12.4. The van der Waals surface area contributed by atoms with Gasteiger partial charge in [-0.25, -0.2) is 9.37 Å². The first-order valence-electron chi connectivity index (χ1n) is 10.6. The molecule has 0 bridgehead atoms. The first-order chi connectivity index (χ1) is 15.6. The number of nitrogens with zero attached hydrogens (tertiary/aromatic N) is 3. The highest BCUT2D eigenvalue weighted by atomic mass is 32.2. The van der Waals surface area contributed by atoms with Crippen LogP contribution in [0.5, 0.6) is 5.75 Å². The molecule has 4 rings (SSSR count). The van der Waals surface area contributed by atoms with Crippen LogP contribution in [0.2, 0.25) is 0 Å². The van der Waals surface area contributed by atoms with E-state index in [9.17, 15) is 9.18 Å². The van der Waals surface area contributed by atoms with Gasteiger partial charge in [0.05, 0.1) is 36.3 Å². The molecule has 0 radical (unpaired) electrons. The van der Waals surface area contributed by atoms with E-state index in [-0.39, 0.29) is 11.7 Å². The van der Waals surface area contributed by atoms with Crippen molar-refractivity contribution in [1.29, 1.82) is 0 Å². The van der Waals surface area contributed by atoms with Crippen molar-refractivity contribution in [3.63, 3.8) is 0 Å². The number of ether oxygens (including phenoxy) is 2. The third-order valence-electron chi connectivity index (χ3n) is 5.25. The summed E-state index contributed by atoms with van der Waals surface area (Å²) < 4.78 is 25.0. The smallest absolute Gasteiger partial charge is 0.239 e. The first kappa shape index (κ1) is 23.0. The summed E-state index contributed by atoms with van der Waals surface area (Å²) in [6, 6.07) is 12.2. The summed E-state index contributed by atoms with van der Waals surface area (Å²) in [7, 11) is 1.63. The van der Waals surface area contributed by atoms with Gasteiger partial charge in [0, 0.05) is 31.1 Å². The van der Waals surface area contributed by atoms with Crippen LogP contribution < -0.4 is 9.64 Å². The van der Waals surface area contributed by atoms with Gasteiger partial charge in [0.1, 0.15) is 11.6 Å². The Labute approximate surface area is 195 Å². The van der Waals surface area contributed by atoms with Gasteiger partial charge in [0.2, 0.25) is 5.91 Å².